The van der Waals surface area contributed by atoms with Crippen LogP contribution in [0.1, 0.15) is 44.1 Å². The fourth-order valence-electron chi connectivity index (χ4n) is 4.39. The van der Waals surface area contributed by atoms with E-state index in [4.69, 9.17) is 13.9 Å². The van der Waals surface area contributed by atoms with Crippen molar-refractivity contribution in [3.05, 3.63) is 88.0 Å². The van der Waals surface area contributed by atoms with Crippen molar-refractivity contribution < 1.29 is 22.3 Å². The summed E-state index contributed by atoms with van der Waals surface area (Å²) in [5, 5.41) is 0. The van der Waals surface area contributed by atoms with Crippen molar-refractivity contribution in [3.63, 3.8) is 0 Å². The van der Waals surface area contributed by atoms with Gasteiger partial charge in [0.05, 0.1) is 18.6 Å². The van der Waals surface area contributed by atoms with Gasteiger partial charge in [0.25, 0.3) is 0 Å². The normalized spacial score (nSPS) is 15.7. The van der Waals surface area contributed by atoms with Crippen molar-refractivity contribution in [2.75, 3.05) is 33.3 Å². The monoisotopic (exact) mass is 540 g/mol. The van der Waals surface area contributed by atoms with Gasteiger partial charge in [0.1, 0.15) is 24.4 Å². The summed E-state index contributed by atoms with van der Waals surface area (Å²) in [5.74, 6) is 1.37. The lowest BCUT2D eigenvalue weighted by molar-refractivity contribution is 0.245. The summed E-state index contributed by atoms with van der Waals surface area (Å²) < 4.78 is 44.7. The van der Waals surface area contributed by atoms with E-state index in [-0.39, 0.29) is 23.2 Å². The molecular formula is C29H36N2O6S. The van der Waals surface area contributed by atoms with Gasteiger partial charge in [-0.15, -0.1) is 0 Å². The molecule has 1 fully saturated rings. The van der Waals surface area contributed by atoms with Crippen molar-refractivity contribution in [2.45, 2.75) is 50.7 Å². The molecule has 0 atom stereocenters. The maximum atomic E-state index is 13.3. The summed E-state index contributed by atoms with van der Waals surface area (Å²) in [6.07, 6.45) is 2.03. The summed E-state index contributed by atoms with van der Waals surface area (Å²) >= 11 is 0. The smallest absolute Gasteiger partial charge is 0.243 e. The molecule has 8 nitrogen and oxygen atoms in total. The van der Waals surface area contributed by atoms with Gasteiger partial charge in [-0.05, 0) is 53.8 Å². The largest absolute Gasteiger partial charge is 0.497 e. The Morgan fingerprint density at radius 2 is 1.74 bits per heavy atom. The van der Waals surface area contributed by atoms with E-state index >= 15 is 0 Å². The first-order valence-corrected chi connectivity index (χ1v) is 14.2. The number of ether oxygens (including phenoxy) is 2. The van der Waals surface area contributed by atoms with Crippen LogP contribution in [0.4, 0.5) is 0 Å². The number of hydrogen-bond acceptors (Lipinski definition) is 7. The van der Waals surface area contributed by atoms with Crippen LogP contribution in [0, 0.1) is 0 Å². The Balaban J connectivity index is 1.35. The van der Waals surface area contributed by atoms with Crippen molar-refractivity contribution >= 4 is 10.0 Å². The standard InChI is InChI=1S/C29H36N2O6S/c1-29(2,3)23-9-11-26(12-10-23)38(33,34)31-14-6-13-30(15-16-31)19-25-18-27(32)28(21-36-25)37-20-22-7-5-8-24(17-22)35-4/h5,7-12,17-18,21H,6,13-16,19-20H2,1-4H3. The fraction of sp³-hybridized carbons (Fsp3) is 0.414. The zero-order chi connectivity index (χ0) is 27.3. The molecule has 0 amide bonds. The Kier molecular flexibility index (Phi) is 8.60. The van der Waals surface area contributed by atoms with Gasteiger partial charge in [-0.2, -0.15) is 4.31 Å². The predicted molar refractivity (Wildman–Crippen MR) is 146 cm³/mol. The Bertz CT molecular complexity index is 1390. The quantitative estimate of drug-likeness (QED) is 0.418. The van der Waals surface area contributed by atoms with Gasteiger partial charge < -0.3 is 13.9 Å². The second-order valence-electron chi connectivity index (χ2n) is 10.5. The maximum Gasteiger partial charge on any atom is 0.243 e. The third kappa shape index (κ3) is 6.83. The highest BCUT2D eigenvalue weighted by Gasteiger charge is 2.27. The molecule has 1 aromatic heterocycles. The van der Waals surface area contributed by atoms with E-state index in [2.05, 4.69) is 25.7 Å². The summed E-state index contributed by atoms with van der Waals surface area (Å²) in [7, 11) is -1.98. The van der Waals surface area contributed by atoms with Crippen LogP contribution in [-0.4, -0.2) is 50.9 Å². The lowest BCUT2D eigenvalue weighted by Crippen LogP contribution is -2.35. The first kappa shape index (κ1) is 27.9. The molecule has 1 saturated heterocycles. The molecule has 204 valence electrons. The Labute approximate surface area is 224 Å². The van der Waals surface area contributed by atoms with Gasteiger partial charge in [0.15, 0.2) is 0 Å². The molecule has 1 aliphatic heterocycles. The molecule has 0 radical (unpaired) electrons. The molecule has 0 spiro atoms. The number of nitrogens with zero attached hydrogens (tertiary/aromatic N) is 2. The summed E-state index contributed by atoms with van der Waals surface area (Å²) in [4.78, 5) is 15.0. The van der Waals surface area contributed by atoms with Crippen LogP contribution in [-0.2, 0) is 28.6 Å². The molecule has 4 rings (SSSR count). The lowest BCUT2D eigenvalue weighted by Gasteiger charge is -2.23. The molecule has 0 bridgehead atoms. The first-order valence-electron chi connectivity index (χ1n) is 12.8. The Morgan fingerprint density at radius 3 is 2.42 bits per heavy atom. The highest BCUT2D eigenvalue weighted by atomic mass is 32.2. The molecule has 0 saturated carbocycles. The molecule has 0 N–H and O–H groups in total. The molecular weight excluding hydrogens is 504 g/mol. The Hall–Kier alpha value is -3.14. The van der Waals surface area contributed by atoms with Gasteiger partial charge in [-0.25, -0.2) is 8.42 Å². The summed E-state index contributed by atoms with van der Waals surface area (Å²) in [6, 6.07) is 16.1. The highest BCUT2D eigenvalue weighted by molar-refractivity contribution is 7.89. The van der Waals surface area contributed by atoms with E-state index in [9.17, 15) is 13.2 Å². The number of benzene rings is 2. The van der Waals surface area contributed by atoms with Gasteiger partial charge in [0.2, 0.25) is 21.2 Å². The molecule has 9 heteroatoms. The van der Waals surface area contributed by atoms with E-state index in [1.807, 2.05) is 36.4 Å². The van der Waals surface area contributed by atoms with Gasteiger partial charge in [0, 0.05) is 25.7 Å². The average molecular weight is 541 g/mol. The van der Waals surface area contributed by atoms with E-state index in [0.717, 1.165) is 16.9 Å². The third-order valence-corrected chi connectivity index (χ3v) is 8.58. The minimum Gasteiger partial charge on any atom is -0.497 e. The minimum absolute atomic E-state index is 0.0409. The van der Waals surface area contributed by atoms with Crippen molar-refractivity contribution in [3.8, 4) is 11.5 Å². The summed E-state index contributed by atoms with van der Waals surface area (Å²) in [5.41, 5.74) is 1.67. The molecule has 1 aliphatic rings. The second-order valence-corrected chi connectivity index (χ2v) is 12.5. The average Bonchev–Trinajstić information content (AvgIpc) is 3.14. The molecule has 0 unspecified atom stereocenters. The van der Waals surface area contributed by atoms with Crippen molar-refractivity contribution in [2.24, 2.45) is 0 Å². The van der Waals surface area contributed by atoms with Crippen LogP contribution < -0.4 is 14.9 Å². The fourth-order valence-corrected chi connectivity index (χ4v) is 5.86. The number of hydrogen-bond donors (Lipinski definition) is 0. The topological polar surface area (TPSA) is 89.3 Å². The van der Waals surface area contributed by atoms with Crippen LogP contribution >= 0.6 is 0 Å². The second kappa shape index (κ2) is 11.7. The highest BCUT2D eigenvalue weighted by Crippen LogP contribution is 2.25. The predicted octanol–water partition coefficient (Wildman–Crippen LogP) is 4.42. The third-order valence-electron chi connectivity index (χ3n) is 6.67. The number of sulfonamides is 1. The first-order chi connectivity index (χ1) is 18.1. The van der Waals surface area contributed by atoms with Gasteiger partial charge in [-0.1, -0.05) is 45.0 Å². The van der Waals surface area contributed by atoms with Crippen LogP contribution in [0.3, 0.4) is 0 Å². The maximum absolute atomic E-state index is 13.3. The minimum atomic E-state index is -3.58. The molecule has 38 heavy (non-hydrogen) atoms. The van der Waals surface area contributed by atoms with E-state index < -0.39 is 10.0 Å². The SMILES string of the molecule is COc1cccc(COc2coc(CN3CCCN(S(=O)(=O)c4ccc(C(C)(C)C)cc4)CC3)cc2=O)c1. The van der Waals surface area contributed by atoms with Crippen molar-refractivity contribution in [1.82, 2.24) is 9.21 Å². The molecule has 3 aromatic rings. The van der Waals surface area contributed by atoms with Crippen LogP contribution in [0.2, 0.25) is 0 Å². The van der Waals surface area contributed by atoms with Crippen LogP contribution in [0.25, 0.3) is 0 Å². The summed E-state index contributed by atoms with van der Waals surface area (Å²) in [6.45, 7) is 9.00. The molecule has 2 aromatic carbocycles. The van der Waals surface area contributed by atoms with Crippen LogP contribution in [0.15, 0.2) is 75.0 Å². The number of rotatable bonds is 8. The van der Waals surface area contributed by atoms with Crippen LogP contribution in [0.5, 0.6) is 11.5 Å². The molecule has 2 heterocycles. The molecule has 0 aliphatic carbocycles. The van der Waals surface area contributed by atoms with E-state index in [1.165, 1.54) is 12.3 Å². The van der Waals surface area contributed by atoms with Gasteiger partial charge >= 0.3 is 0 Å². The van der Waals surface area contributed by atoms with E-state index in [1.54, 1.807) is 23.5 Å². The van der Waals surface area contributed by atoms with Crippen molar-refractivity contribution in [1.29, 1.82) is 0 Å². The zero-order valence-corrected chi connectivity index (χ0v) is 23.3. The Morgan fingerprint density at radius 1 is 0.974 bits per heavy atom. The zero-order valence-electron chi connectivity index (χ0n) is 22.5. The lowest BCUT2D eigenvalue weighted by atomic mass is 9.87. The van der Waals surface area contributed by atoms with E-state index in [0.29, 0.717) is 49.8 Å². The van der Waals surface area contributed by atoms with Gasteiger partial charge in [-0.3, -0.25) is 9.69 Å². The number of methoxy groups -OCH3 is 1.